The van der Waals surface area contributed by atoms with Crippen LogP contribution in [0.15, 0.2) is 0 Å². The third kappa shape index (κ3) is 13.0. The summed E-state index contributed by atoms with van der Waals surface area (Å²) < 4.78 is 62.5. The summed E-state index contributed by atoms with van der Waals surface area (Å²) in [6, 6.07) is -3.28. The zero-order valence-corrected chi connectivity index (χ0v) is 38.9. The van der Waals surface area contributed by atoms with Gasteiger partial charge in [0.15, 0.2) is 37.7 Å². The topological polar surface area (TPSA) is 524 Å². The SMILES string of the molecule is CC(=O)N[C@H]1[C@H](O[C@H]2[C@H](O)[C@@H](NC(C)=O)C(O)O[C@@H]2CO)O[C@H](CO)[C@@H](O[C@H]2O[C@@H](CO[C@@H]3O[C@@H](CO)[C@H](O)[C@@H](O[C@@H]4O[C@@H](CO)[C@H](O)[C@@H](O)[C@H]4O)[C@H]3O)[C@H](O)[C@@H](O[C@@H]3O[C@@H](CO)[C@H](O)[C@@H](O)[C@H]3O)[C@H]2O)[C@@H]1O. The van der Waals surface area contributed by atoms with E-state index in [0.717, 1.165) is 13.8 Å². The van der Waals surface area contributed by atoms with E-state index in [4.69, 9.17) is 52.1 Å². The summed E-state index contributed by atoms with van der Waals surface area (Å²) in [4.78, 5) is 24.4. The first kappa shape index (κ1) is 60.0. The van der Waals surface area contributed by atoms with Gasteiger partial charge >= 0.3 is 0 Å². The second-order valence-electron chi connectivity index (χ2n) is 18.3. The lowest BCUT2D eigenvalue weighted by Gasteiger charge is -2.50. The van der Waals surface area contributed by atoms with Crippen molar-refractivity contribution in [2.75, 3.05) is 39.6 Å². The zero-order valence-electron chi connectivity index (χ0n) is 38.9. The average molecular weight is 1070 g/mol. The summed E-state index contributed by atoms with van der Waals surface area (Å²) in [6.45, 7) is -3.62. The molecular formula is C40H68N2O31. The molecule has 6 saturated heterocycles. The summed E-state index contributed by atoms with van der Waals surface area (Å²) in [7, 11) is 0. The molecule has 6 aliphatic rings. The maximum Gasteiger partial charge on any atom is 0.217 e. The van der Waals surface area contributed by atoms with E-state index in [-0.39, 0.29) is 0 Å². The molecule has 6 heterocycles. The van der Waals surface area contributed by atoms with Crippen LogP contribution >= 0.6 is 0 Å². The molecule has 0 aliphatic carbocycles. The minimum atomic E-state index is -2.27. The predicted molar refractivity (Wildman–Crippen MR) is 222 cm³/mol. The number of carbonyl (C=O) groups excluding carboxylic acids is 2. The minimum Gasteiger partial charge on any atom is -0.394 e. The van der Waals surface area contributed by atoms with Crippen molar-refractivity contribution in [1.29, 1.82) is 0 Å². The van der Waals surface area contributed by atoms with Crippen molar-refractivity contribution < 1.29 is 154 Å². The van der Waals surface area contributed by atoms with Crippen molar-refractivity contribution in [1.82, 2.24) is 10.6 Å². The zero-order chi connectivity index (χ0) is 53.9. The Labute approximate surface area is 413 Å². The number of carbonyl (C=O) groups is 2. The Hall–Kier alpha value is -2.22. The molecule has 0 bridgehead atoms. The van der Waals surface area contributed by atoms with Gasteiger partial charge < -0.3 is 155 Å². The van der Waals surface area contributed by atoms with Crippen molar-refractivity contribution in [3.63, 3.8) is 0 Å². The highest BCUT2D eigenvalue weighted by atomic mass is 16.8. The molecule has 20 N–H and O–H groups in total. The number of hydrogen-bond acceptors (Lipinski definition) is 31. The van der Waals surface area contributed by atoms with Gasteiger partial charge in [-0.25, -0.2) is 0 Å². The molecule has 73 heavy (non-hydrogen) atoms. The molecule has 6 rings (SSSR count). The molecule has 0 aromatic heterocycles. The van der Waals surface area contributed by atoms with Crippen LogP contribution in [0.25, 0.3) is 0 Å². The van der Waals surface area contributed by atoms with E-state index in [2.05, 4.69) is 10.6 Å². The van der Waals surface area contributed by atoms with Gasteiger partial charge in [0.05, 0.1) is 39.6 Å². The van der Waals surface area contributed by atoms with Gasteiger partial charge in [-0.2, -0.15) is 0 Å². The normalized spacial score (nSPS) is 49.8. The maximum absolute atomic E-state index is 12.6. The average Bonchev–Trinajstić information content (AvgIpc) is 3.35. The lowest BCUT2D eigenvalue weighted by molar-refractivity contribution is -0.386. The largest absolute Gasteiger partial charge is 0.394 e. The monoisotopic (exact) mass is 1070 g/mol. The van der Waals surface area contributed by atoms with Crippen LogP contribution in [0.4, 0.5) is 0 Å². The Morgan fingerprint density at radius 1 is 0.356 bits per heavy atom. The molecule has 33 nitrogen and oxygen atoms in total. The lowest BCUT2D eigenvalue weighted by Crippen LogP contribution is -2.70. The first-order valence-corrected chi connectivity index (χ1v) is 23.1. The van der Waals surface area contributed by atoms with E-state index in [9.17, 15) is 102 Å². The van der Waals surface area contributed by atoms with E-state index < -0.39 is 236 Å². The number of amides is 2. The predicted octanol–water partition coefficient (Wildman–Crippen LogP) is -13.8. The van der Waals surface area contributed by atoms with Crippen LogP contribution in [0.1, 0.15) is 13.8 Å². The van der Waals surface area contributed by atoms with Gasteiger partial charge in [-0.15, -0.1) is 0 Å². The Morgan fingerprint density at radius 2 is 0.699 bits per heavy atom. The number of hydrogen-bond donors (Lipinski definition) is 20. The van der Waals surface area contributed by atoms with Gasteiger partial charge in [0.1, 0.15) is 146 Å². The number of aliphatic hydroxyl groups is 18. The van der Waals surface area contributed by atoms with E-state index in [0.29, 0.717) is 0 Å². The summed E-state index contributed by atoms with van der Waals surface area (Å²) in [5.74, 6) is -1.55. The van der Waals surface area contributed by atoms with Crippen LogP contribution in [-0.4, -0.2) is 327 Å². The number of rotatable bonds is 18. The fourth-order valence-electron chi connectivity index (χ4n) is 9.21. The second kappa shape index (κ2) is 26.0. The third-order valence-electron chi connectivity index (χ3n) is 13.2. The molecule has 0 aromatic carbocycles. The molecule has 6 aliphatic heterocycles. The van der Waals surface area contributed by atoms with E-state index >= 15 is 0 Å². The van der Waals surface area contributed by atoms with Gasteiger partial charge in [0, 0.05) is 13.8 Å². The highest BCUT2D eigenvalue weighted by Crippen LogP contribution is 2.36. The van der Waals surface area contributed by atoms with Gasteiger partial charge in [-0.05, 0) is 0 Å². The van der Waals surface area contributed by atoms with Crippen LogP contribution in [0.5, 0.6) is 0 Å². The number of ether oxygens (including phenoxy) is 11. The van der Waals surface area contributed by atoms with Crippen LogP contribution in [-0.2, 0) is 61.7 Å². The van der Waals surface area contributed by atoms with Crippen LogP contribution < -0.4 is 10.6 Å². The van der Waals surface area contributed by atoms with Crippen LogP contribution in [0.3, 0.4) is 0 Å². The standard InChI is InChI=1S/C40H68N2O31/c1-9(48)41-17-23(54)31(14(6-46)64-35(17)62)70-36-18(42-10(2)49)24(55)32(15(7-47)68-36)71-40-30(61)34(73-39-28(59)26(57)20(51)12(4-44)67-39)22(53)16(69-40)8-63-37-29(60)33(21(52)13(5-45)65-37)72-38-27(58)25(56)19(50)11(3-43)66-38/h11-40,43-47,50-62H,3-8H2,1-2H3,(H,41,48)(H,42,49)/t11-,12-,13-,14+,15+,16-,17+,18+,19-,20-,21-,22-,23+,24+,25+,26+,27+,28+,29+,30+,31+,32+,33+,34+,35?,36-,37+,38-,39-,40+/m0/s1. The van der Waals surface area contributed by atoms with Crippen molar-refractivity contribution in [3.8, 4) is 0 Å². The summed E-state index contributed by atoms with van der Waals surface area (Å²) in [6.07, 6.45) is -53.5. The first-order valence-electron chi connectivity index (χ1n) is 23.1. The van der Waals surface area contributed by atoms with Crippen LogP contribution in [0.2, 0.25) is 0 Å². The second-order valence-corrected chi connectivity index (χ2v) is 18.3. The highest BCUT2D eigenvalue weighted by Gasteiger charge is 2.57. The smallest absolute Gasteiger partial charge is 0.217 e. The van der Waals surface area contributed by atoms with E-state index in [1.165, 1.54) is 0 Å². The third-order valence-corrected chi connectivity index (χ3v) is 13.2. The summed E-state index contributed by atoms with van der Waals surface area (Å²) in [5.41, 5.74) is 0. The Morgan fingerprint density at radius 3 is 1.18 bits per heavy atom. The molecule has 30 atom stereocenters. The van der Waals surface area contributed by atoms with E-state index in [1.54, 1.807) is 0 Å². The Bertz CT molecular complexity index is 1750. The number of aliphatic hydroxyl groups excluding tert-OH is 18. The molecule has 424 valence electrons. The van der Waals surface area contributed by atoms with Gasteiger partial charge in [0.2, 0.25) is 11.8 Å². The van der Waals surface area contributed by atoms with Crippen LogP contribution in [0, 0.1) is 0 Å². The van der Waals surface area contributed by atoms with Crippen molar-refractivity contribution in [2.45, 2.75) is 198 Å². The van der Waals surface area contributed by atoms with Crippen molar-refractivity contribution in [2.24, 2.45) is 0 Å². The molecule has 2 amide bonds. The molecule has 0 radical (unpaired) electrons. The van der Waals surface area contributed by atoms with Crippen molar-refractivity contribution >= 4 is 11.8 Å². The summed E-state index contributed by atoms with van der Waals surface area (Å²) in [5, 5.41) is 197. The van der Waals surface area contributed by atoms with E-state index in [1.807, 2.05) is 0 Å². The van der Waals surface area contributed by atoms with Gasteiger partial charge in [-0.1, -0.05) is 0 Å². The fraction of sp³-hybridized carbons (Fsp3) is 0.950. The van der Waals surface area contributed by atoms with Crippen molar-refractivity contribution in [3.05, 3.63) is 0 Å². The van der Waals surface area contributed by atoms with Gasteiger partial charge in [0.25, 0.3) is 0 Å². The fourth-order valence-corrected chi connectivity index (χ4v) is 9.21. The highest BCUT2D eigenvalue weighted by molar-refractivity contribution is 5.73. The number of nitrogens with one attached hydrogen (secondary N) is 2. The van der Waals surface area contributed by atoms with Gasteiger partial charge in [-0.3, -0.25) is 9.59 Å². The quantitative estimate of drug-likeness (QED) is 0.0606. The molecule has 0 saturated carbocycles. The Kier molecular flexibility index (Phi) is 21.3. The molecule has 6 fully saturated rings. The molecular weight excluding hydrogens is 1000 g/mol. The first-order chi connectivity index (χ1) is 34.5. The maximum atomic E-state index is 12.6. The Balaban J connectivity index is 1.26. The molecule has 33 heteroatoms. The summed E-state index contributed by atoms with van der Waals surface area (Å²) >= 11 is 0. The molecule has 1 unspecified atom stereocenters. The molecule has 0 spiro atoms. The lowest BCUT2D eigenvalue weighted by atomic mass is 9.94. The minimum absolute atomic E-state index is 0.716. The molecule has 0 aromatic rings.